The Morgan fingerprint density at radius 1 is 1.13 bits per heavy atom. The van der Waals surface area contributed by atoms with E-state index >= 15 is 0 Å². The minimum absolute atomic E-state index is 0.0150. The van der Waals surface area contributed by atoms with E-state index in [1.165, 1.54) is 0 Å². The van der Waals surface area contributed by atoms with Gasteiger partial charge in [-0.1, -0.05) is 6.07 Å². The van der Waals surface area contributed by atoms with Crippen molar-refractivity contribution in [3.05, 3.63) is 59.9 Å². The number of nitrogens with one attached hydrogen (secondary N) is 1. The van der Waals surface area contributed by atoms with Crippen molar-refractivity contribution in [1.82, 2.24) is 15.2 Å². The fraction of sp³-hybridized carbons (Fsp3) is 0.458. The fourth-order valence-corrected chi connectivity index (χ4v) is 3.89. The number of benzene rings is 1. The van der Waals surface area contributed by atoms with E-state index in [2.05, 4.69) is 10.3 Å². The van der Waals surface area contributed by atoms with Crippen molar-refractivity contribution < 1.29 is 14.3 Å². The summed E-state index contributed by atoms with van der Waals surface area (Å²) in [6.45, 7) is 3.54. The van der Waals surface area contributed by atoms with Gasteiger partial charge in [0, 0.05) is 55.8 Å². The van der Waals surface area contributed by atoms with Crippen molar-refractivity contribution in [2.75, 3.05) is 13.1 Å². The third kappa shape index (κ3) is 5.38. The standard InChI is InChI=1S/C24H29N3O3/c1-17(15-18-3-2-12-25-16-18)26-23(28)19-6-8-21(9-7-19)30-22-10-13-27(14-11-22)24(29)20-4-5-20/h2-3,6-9,12,16-17,20,22H,4-5,10-11,13-15H2,1H3,(H,26,28). The van der Waals surface area contributed by atoms with Crippen molar-refractivity contribution in [3.63, 3.8) is 0 Å². The van der Waals surface area contributed by atoms with Crippen LogP contribution in [-0.4, -0.2) is 46.9 Å². The van der Waals surface area contributed by atoms with Crippen molar-refractivity contribution in [2.45, 2.75) is 51.2 Å². The number of nitrogens with zero attached hydrogens (tertiary/aromatic N) is 2. The van der Waals surface area contributed by atoms with Gasteiger partial charge in [0.2, 0.25) is 5.91 Å². The van der Waals surface area contributed by atoms with E-state index in [9.17, 15) is 9.59 Å². The number of pyridine rings is 1. The maximum Gasteiger partial charge on any atom is 0.251 e. The molecular weight excluding hydrogens is 378 g/mol. The van der Waals surface area contributed by atoms with Crippen LogP contribution < -0.4 is 10.1 Å². The monoisotopic (exact) mass is 407 g/mol. The minimum Gasteiger partial charge on any atom is -0.490 e. The first kappa shape index (κ1) is 20.4. The molecule has 30 heavy (non-hydrogen) atoms. The van der Waals surface area contributed by atoms with Crippen LogP contribution >= 0.6 is 0 Å². The summed E-state index contributed by atoms with van der Waals surface area (Å²) in [6.07, 6.45) is 8.23. The molecule has 1 N–H and O–H groups in total. The first-order valence-corrected chi connectivity index (χ1v) is 10.8. The molecule has 1 aromatic carbocycles. The van der Waals surface area contributed by atoms with Gasteiger partial charge in [-0.05, 0) is 62.1 Å². The lowest BCUT2D eigenvalue weighted by Gasteiger charge is -2.32. The zero-order chi connectivity index (χ0) is 20.9. The lowest BCUT2D eigenvalue weighted by atomic mass is 10.1. The number of hydrogen-bond acceptors (Lipinski definition) is 4. The van der Waals surface area contributed by atoms with Crippen LogP contribution in [0.15, 0.2) is 48.8 Å². The van der Waals surface area contributed by atoms with Crippen molar-refractivity contribution >= 4 is 11.8 Å². The Bertz CT molecular complexity index is 857. The molecule has 2 heterocycles. The Labute approximate surface area is 177 Å². The molecule has 2 aliphatic rings. The summed E-state index contributed by atoms with van der Waals surface area (Å²) >= 11 is 0. The molecule has 1 unspecified atom stereocenters. The second kappa shape index (κ2) is 9.28. The molecule has 6 nitrogen and oxygen atoms in total. The lowest BCUT2D eigenvalue weighted by Crippen LogP contribution is -2.42. The average Bonchev–Trinajstić information content (AvgIpc) is 3.60. The summed E-state index contributed by atoms with van der Waals surface area (Å²) in [4.78, 5) is 30.7. The maximum atomic E-state index is 12.5. The largest absolute Gasteiger partial charge is 0.490 e. The third-order valence-corrected chi connectivity index (χ3v) is 5.74. The summed E-state index contributed by atoms with van der Waals surface area (Å²) in [5.74, 6) is 1.28. The van der Waals surface area contributed by atoms with E-state index in [4.69, 9.17) is 4.74 Å². The van der Waals surface area contributed by atoms with Gasteiger partial charge in [0.1, 0.15) is 11.9 Å². The summed E-state index contributed by atoms with van der Waals surface area (Å²) < 4.78 is 6.08. The van der Waals surface area contributed by atoms with Crippen LogP contribution in [0.25, 0.3) is 0 Å². The van der Waals surface area contributed by atoms with Crippen LogP contribution in [-0.2, 0) is 11.2 Å². The number of aromatic nitrogens is 1. The van der Waals surface area contributed by atoms with Gasteiger partial charge in [-0.15, -0.1) is 0 Å². The van der Waals surface area contributed by atoms with E-state index in [1.54, 1.807) is 18.3 Å². The fourth-order valence-electron chi connectivity index (χ4n) is 3.89. The second-order valence-electron chi connectivity index (χ2n) is 8.38. The van der Waals surface area contributed by atoms with Gasteiger partial charge in [-0.25, -0.2) is 0 Å². The molecule has 0 bridgehead atoms. The van der Waals surface area contributed by atoms with Crippen LogP contribution in [0.3, 0.4) is 0 Å². The van der Waals surface area contributed by atoms with Crippen LogP contribution in [0, 0.1) is 5.92 Å². The highest BCUT2D eigenvalue weighted by Crippen LogP contribution is 2.32. The molecule has 1 aliphatic heterocycles. The van der Waals surface area contributed by atoms with E-state index in [0.29, 0.717) is 11.5 Å². The SMILES string of the molecule is CC(Cc1cccnc1)NC(=O)c1ccc(OC2CCN(C(=O)C3CC3)CC2)cc1. The van der Waals surface area contributed by atoms with E-state index < -0.39 is 0 Å². The summed E-state index contributed by atoms with van der Waals surface area (Å²) in [5, 5.41) is 3.03. The topological polar surface area (TPSA) is 71.5 Å². The number of ether oxygens (including phenoxy) is 1. The first-order chi connectivity index (χ1) is 14.6. The molecule has 1 aromatic heterocycles. The number of carbonyl (C=O) groups is 2. The molecular formula is C24H29N3O3. The van der Waals surface area contributed by atoms with Gasteiger partial charge < -0.3 is 15.0 Å². The molecule has 2 aromatic rings. The molecule has 1 saturated carbocycles. The maximum absolute atomic E-state index is 12.5. The Morgan fingerprint density at radius 3 is 2.50 bits per heavy atom. The predicted molar refractivity (Wildman–Crippen MR) is 114 cm³/mol. The summed E-state index contributed by atoms with van der Waals surface area (Å²) in [7, 11) is 0. The van der Waals surface area contributed by atoms with Crippen LogP contribution in [0.5, 0.6) is 5.75 Å². The summed E-state index contributed by atoms with van der Waals surface area (Å²) in [5.41, 5.74) is 1.71. The van der Waals surface area contributed by atoms with Crippen LogP contribution in [0.2, 0.25) is 0 Å². The predicted octanol–water partition coefficient (Wildman–Crippen LogP) is 3.22. The molecule has 6 heteroatoms. The summed E-state index contributed by atoms with van der Waals surface area (Å²) in [6, 6.07) is 11.2. The zero-order valence-electron chi connectivity index (χ0n) is 17.4. The molecule has 1 aliphatic carbocycles. The Kier molecular flexibility index (Phi) is 6.31. The average molecular weight is 408 g/mol. The first-order valence-electron chi connectivity index (χ1n) is 10.8. The molecule has 0 radical (unpaired) electrons. The van der Waals surface area contributed by atoms with Crippen molar-refractivity contribution in [3.8, 4) is 5.75 Å². The number of piperidine rings is 1. The van der Waals surface area contributed by atoms with E-state index in [1.807, 2.05) is 42.3 Å². The number of likely N-dealkylation sites (tertiary alicyclic amines) is 1. The molecule has 2 amide bonds. The molecule has 4 rings (SSSR count). The lowest BCUT2D eigenvalue weighted by molar-refractivity contribution is -0.134. The molecule has 2 fully saturated rings. The Hall–Kier alpha value is -2.89. The number of amides is 2. The smallest absolute Gasteiger partial charge is 0.251 e. The third-order valence-electron chi connectivity index (χ3n) is 5.74. The number of rotatable bonds is 7. The minimum atomic E-state index is -0.0927. The van der Waals surface area contributed by atoms with Crippen LogP contribution in [0.1, 0.15) is 48.5 Å². The van der Waals surface area contributed by atoms with Gasteiger partial charge in [0.05, 0.1) is 0 Å². The molecule has 1 atom stereocenters. The Balaban J connectivity index is 1.23. The van der Waals surface area contributed by atoms with Gasteiger partial charge in [-0.3, -0.25) is 14.6 Å². The molecule has 1 saturated heterocycles. The van der Waals surface area contributed by atoms with E-state index in [-0.39, 0.29) is 24.0 Å². The van der Waals surface area contributed by atoms with Gasteiger partial charge in [0.25, 0.3) is 5.91 Å². The number of carbonyl (C=O) groups excluding carboxylic acids is 2. The zero-order valence-corrected chi connectivity index (χ0v) is 17.4. The van der Waals surface area contributed by atoms with Gasteiger partial charge in [0.15, 0.2) is 0 Å². The van der Waals surface area contributed by atoms with E-state index in [0.717, 1.165) is 56.5 Å². The highest BCUT2D eigenvalue weighted by molar-refractivity contribution is 5.94. The molecule has 158 valence electrons. The second-order valence-corrected chi connectivity index (χ2v) is 8.38. The number of hydrogen-bond donors (Lipinski definition) is 1. The Morgan fingerprint density at radius 2 is 1.87 bits per heavy atom. The molecule has 0 spiro atoms. The van der Waals surface area contributed by atoms with Gasteiger partial charge in [-0.2, -0.15) is 0 Å². The quantitative estimate of drug-likeness (QED) is 0.765. The normalized spacial score (nSPS) is 18.0. The van der Waals surface area contributed by atoms with Crippen molar-refractivity contribution in [1.29, 1.82) is 0 Å². The highest BCUT2D eigenvalue weighted by atomic mass is 16.5. The highest BCUT2D eigenvalue weighted by Gasteiger charge is 2.35. The van der Waals surface area contributed by atoms with Gasteiger partial charge >= 0.3 is 0 Å². The van der Waals surface area contributed by atoms with Crippen LogP contribution in [0.4, 0.5) is 0 Å². The van der Waals surface area contributed by atoms with Crippen molar-refractivity contribution in [2.24, 2.45) is 5.92 Å².